The van der Waals surface area contributed by atoms with Crippen molar-refractivity contribution in [2.24, 2.45) is 0 Å². The number of amides is 1. The Morgan fingerprint density at radius 1 is 1.13 bits per heavy atom. The van der Waals surface area contributed by atoms with E-state index in [0.717, 1.165) is 0 Å². The summed E-state index contributed by atoms with van der Waals surface area (Å²) in [4.78, 5) is 13.4. The van der Waals surface area contributed by atoms with Crippen molar-refractivity contribution < 1.29 is 19.4 Å². The number of hydrogen-bond donors (Lipinski definition) is 2. The third-order valence-corrected chi connectivity index (χ3v) is 9.75. The van der Waals surface area contributed by atoms with Crippen LogP contribution in [0.1, 0.15) is 60.8 Å². The molecular weight excluding hydrogens is 310 g/mol. The van der Waals surface area contributed by atoms with Crippen LogP contribution in [0.2, 0.25) is 18.1 Å². The van der Waals surface area contributed by atoms with Gasteiger partial charge in [-0.1, -0.05) is 20.8 Å². The first-order valence-corrected chi connectivity index (χ1v) is 11.5. The summed E-state index contributed by atoms with van der Waals surface area (Å²) in [5.41, 5.74) is -0.492. The molecule has 2 N–H and O–H groups in total. The van der Waals surface area contributed by atoms with Crippen molar-refractivity contribution in [1.82, 2.24) is 4.90 Å². The molecule has 0 aromatic carbocycles. The van der Waals surface area contributed by atoms with E-state index in [9.17, 15) is 15.0 Å². The first-order valence-electron chi connectivity index (χ1n) is 8.55. The highest BCUT2D eigenvalue weighted by Crippen LogP contribution is 2.40. The third-order valence-electron chi connectivity index (χ3n) is 5.24. The van der Waals surface area contributed by atoms with Gasteiger partial charge in [-0.15, -0.1) is 0 Å². The molecule has 3 atom stereocenters. The van der Waals surface area contributed by atoms with Gasteiger partial charge in [-0.05, 0) is 51.7 Å². The quantitative estimate of drug-likeness (QED) is 0.757. The Morgan fingerprint density at radius 3 is 2.04 bits per heavy atom. The van der Waals surface area contributed by atoms with E-state index in [2.05, 4.69) is 33.9 Å². The number of aliphatic hydroxyl groups is 1. The van der Waals surface area contributed by atoms with E-state index in [4.69, 9.17) is 4.43 Å². The number of nitrogens with zero attached hydrogens (tertiary/aromatic N) is 1. The molecule has 1 fully saturated rings. The summed E-state index contributed by atoms with van der Waals surface area (Å²) in [5, 5.41) is 19.9. The van der Waals surface area contributed by atoms with Crippen LogP contribution in [0, 0.1) is 0 Å². The van der Waals surface area contributed by atoms with Crippen LogP contribution < -0.4 is 0 Å². The predicted octanol–water partition coefficient (Wildman–Crippen LogP) is 4.07. The second-order valence-corrected chi connectivity index (χ2v) is 14.0. The lowest BCUT2D eigenvalue weighted by atomic mass is 9.87. The molecule has 0 heterocycles. The average molecular weight is 346 g/mol. The topological polar surface area (TPSA) is 70.0 Å². The Balaban J connectivity index is 3.11. The fraction of sp³-hybridized carbons (Fsp3) is 0.941. The lowest BCUT2D eigenvalue weighted by Gasteiger charge is -2.49. The van der Waals surface area contributed by atoms with E-state index in [1.807, 2.05) is 20.8 Å². The molecular formula is C17H35NO4Si. The van der Waals surface area contributed by atoms with Gasteiger partial charge in [0.2, 0.25) is 0 Å². The second kappa shape index (κ2) is 6.73. The number of carboxylic acid groups (broad SMARTS) is 1. The smallest absolute Gasteiger partial charge is 0.408 e. The molecule has 1 aliphatic carbocycles. The summed E-state index contributed by atoms with van der Waals surface area (Å²) in [6.07, 6.45) is 0.220. The lowest BCUT2D eigenvalue weighted by Crippen LogP contribution is -2.60. The SMILES string of the molecule is CC(C)(C)N(C(=O)O)[C@@H]1CC[C@H](O)C[C@@H]1O[Si](C)(C)C(C)(C)C. The van der Waals surface area contributed by atoms with Crippen molar-refractivity contribution in [3.05, 3.63) is 0 Å². The first-order chi connectivity index (χ1) is 10.2. The molecule has 0 bridgehead atoms. The van der Waals surface area contributed by atoms with Gasteiger partial charge in [-0.25, -0.2) is 4.79 Å². The first kappa shape index (κ1) is 20.5. The summed E-state index contributed by atoms with van der Waals surface area (Å²) in [7, 11) is -2.03. The zero-order valence-corrected chi connectivity index (χ0v) is 17.0. The minimum Gasteiger partial charge on any atom is -0.465 e. The van der Waals surface area contributed by atoms with Crippen molar-refractivity contribution in [2.75, 3.05) is 0 Å². The summed E-state index contributed by atoms with van der Waals surface area (Å²) in [5.74, 6) is 0. The van der Waals surface area contributed by atoms with Gasteiger partial charge < -0.3 is 14.6 Å². The maximum Gasteiger partial charge on any atom is 0.408 e. The standard InChI is InChI=1S/C17H35NO4Si/c1-16(2,3)18(15(20)21)13-10-9-12(19)11-14(13)22-23(7,8)17(4,5)6/h12-14,19H,9-11H2,1-8H3,(H,20,21)/t12-,13+,14-/m0/s1. The molecule has 1 amide bonds. The van der Waals surface area contributed by atoms with Crippen molar-refractivity contribution in [3.63, 3.8) is 0 Å². The molecule has 6 heteroatoms. The van der Waals surface area contributed by atoms with Gasteiger partial charge >= 0.3 is 6.09 Å². The third kappa shape index (κ3) is 4.94. The van der Waals surface area contributed by atoms with Crippen LogP contribution in [0.5, 0.6) is 0 Å². The van der Waals surface area contributed by atoms with Crippen LogP contribution in [-0.4, -0.2) is 53.3 Å². The molecule has 136 valence electrons. The van der Waals surface area contributed by atoms with Gasteiger partial charge in [0.25, 0.3) is 0 Å². The van der Waals surface area contributed by atoms with Crippen molar-refractivity contribution in [3.8, 4) is 0 Å². The fourth-order valence-electron chi connectivity index (χ4n) is 3.00. The Kier molecular flexibility index (Phi) is 5.98. The number of rotatable bonds is 3. The van der Waals surface area contributed by atoms with Gasteiger partial charge in [0.15, 0.2) is 8.32 Å². The molecule has 0 radical (unpaired) electrons. The van der Waals surface area contributed by atoms with Crippen LogP contribution >= 0.6 is 0 Å². The van der Waals surface area contributed by atoms with Gasteiger partial charge in [0.1, 0.15) is 0 Å². The molecule has 5 nitrogen and oxygen atoms in total. The molecule has 23 heavy (non-hydrogen) atoms. The predicted molar refractivity (Wildman–Crippen MR) is 95.3 cm³/mol. The zero-order chi connectivity index (χ0) is 18.2. The number of carbonyl (C=O) groups is 1. The molecule has 0 aromatic heterocycles. The van der Waals surface area contributed by atoms with E-state index in [-0.39, 0.29) is 17.2 Å². The Hall–Kier alpha value is -0.593. The number of hydrogen-bond acceptors (Lipinski definition) is 3. The summed E-state index contributed by atoms with van der Waals surface area (Å²) < 4.78 is 6.53. The van der Waals surface area contributed by atoms with Crippen LogP contribution in [0.4, 0.5) is 4.79 Å². The Bertz CT molecular complexity index is 425. The van der Waals surface area contributed by atoms with Crippen molar-refractivity contribution >= 4 is 14.4 Å². The largest absolute Gasteiger partial charge is 0.465 e. The Labute approximate surface area is 142 Å². The normalized spacial score (nSPS) is 26.9. The van der Waals surface area contributed by atoms with Crippen molar-refractivity contribution in [1.29, 1.82) is 0 Å². The minimum atomic E-state index is -2.03. The monoisotopic (exact) mass is 345 g/mol. The fourth-order valence-corrected chi connectivity index (χ4v) is 4.36. The highest BCUT2D eigenvalue weighted by molar-refractivity contribution is 6.74. The van der Waals surface area contributed by atoms with Gasteiger partial charge in [-0.3, -0.25) is 4.90 Å². The van der Waals surface area contributed by atoms with Crippen LogP contribution in [-0.2, 0) is 4.43 Å². The minimum absolute atomic E-state index is 0.0513. The highest BCUT2D eigenvalue weighted by atomic mass is 28.4. The maximum atomic E-state index is 11.9. The molecule has 0 spiro atoms. The van der Waals surface area contributed by atoms with E-state index in [0.29, 0.717) is 19.3 Å². The molecule has 1 rings (SSSR count). The lowest BCUT2D eigenvalue weighted by molar-refractivity contribution is -0.0391. The van der Waals surface area contributed by atoms with Gasteiger partial charge in [0, 0.05) is 12.0 Å². The average Bonchev–Trinajstić information content (AvgIpc) is 2.28. The van der Waals surface area contributed by atoms with E-state index >= 15 is 0 Å². The molecule has 1 saturated carbocycles. The number of aliphatic hydroxyl groups excluding tert-OH is 1. The molecule has 0 aliphatic heterocycles. The van der Waals surface area contributed by atoms with Crippen LogP contribution in [0.15, 0.2) is 0 Å². The summed E-state index contributed by atoms with van der Waals surface area (Å²) in [6, 6.07) is -0.204. The zero-order valence-electron chi connectivity index (χ0n) is 16.0. The van der Waals surface area contributed by atoms with Crippen molar-refractivity contribution in [2.45, 2.75) is 103 Å². The summed E-state index contributed by atoms with van der Waals surface area (Å²) >= 11 is 0. The van der Waals surface area contributed by atoms with E-state index in [1.54, 1.807) is 0 Å². The Morgan fingerprint density at radius 2 is 1.65 bits per heavy atom. The molecule has 0 saturated heterocycles. The van der Waals surface area contributed by atoms with Gasteiger partial charge in [0.05, 0.1) is 18.2 Å². The van der Waals surface area contributed by atoms with Gasteiger partial charge in [-0.2, -0.15) is 0 Å². The van der Waals surface area contributed by atoms with Crippen LogP contribution in [0.3, 0.4) is 0 Å². The molecule has 1 aliphatic rings. The molecule has 0 unspecified atom stereocenters. The van der Waals surface area contributed by atoms with Crippen LogP contribution in [0.25, 0.3) is 0 Å². The highest BCUT2D eigenvalue weighted by Gasteiger charge is 2.46. The summed E-state index contributed by atoms with van der Waals surface area (Å²) in [6.45, 7) is 16.6. The maximum absolute atomic E-state index is 11.9. The molecule has 0 aromatic rings. The second-order valence-electron chi connectivity index (χ2n) is 9.27. The van der Waals surface area contributed by atoms with E-state index in [1.165, 1.54) is 4.90 Å². The van der Waals surface area contributed by atoms with E-state index < -0.39 is 26.1 Å².